The van der Waals surface area contributed by atoms with Crippen LogP contribution in [0.4, 0.5) is 0 Å². The van der Waals surface area contributed by atoms with Gasteiger partial charge in [-0.25, -0.2) is 4.98 Å². The minimum absolute atomic E-state index is 0. The fraction of sp³-hybridized carbons (Fsp3) is 0.125. The number of pyridine rings is 2. The van der Waals surface area contributed by atoms with Gasteiger partial charge >= 0.3 is 21.1 Å². The zero-order chi connectivity index (χ0) is 31.5. The maximum absolute atomic E-state index is 6.29. The van der Waals surface area contributed by atoms with Gasteiger partial charge in [0.1, 0.15) is 5.65 Å². The topological polar surface area (TPSA) is 57.2 Å². The van der Waals surface area contributed by atoms with Gasteiger partial charge in [-0.15, -0.1) is 30.3 Å². The van der Waals surface area contributed by atoms with Gasteiger partial charge in [0.2, 0.25) is 0 Å². The van der Waals surface area contributed by atoms with Gasteiger partial charge in [0.15, 0.2) is 0 Å². The van der Waals surface area contributed by atoms with E-state index in [4.69, 9.17) is 9.84 Å². The summed E-state index contributed by atoms with van der Waals surface area (Å²) in [6.45, 7) is 10.9. The molecule has 0 saturated heterocycles. The molecule has 0 radical (unpaired) electrons. The van der Waals surface area contributed by atoms with Crippen LogP contribution in [-0.4, -0.2) is 24.1 Å². The third kappa shape index (κ3) is 5.33. The molecular formula is C40H31N5OPt. The molecule has 4 aromatic carbocycles. The van der Waals surface area contributed by atoms with Gasteiger partial charge in [0.25, 0.3) is 0 Å². The van der Waals surface area contributed by atoms with Crippen LogP contribution in [0.5, 0.6) is 11.5 Å². The molecular weight excluding hydrogens is 762 g/mol. The first-order chi connectivity index (χ1) is 22.3. The van der Waals surface area contributed by atoms with Gasteiger partial charge in [0, 0.05) is 41.8 Å². The van der Waals surface area contributed by atoms with Crippen LogP contribution in [0.1, 0.15) is 27.8 Å². The molecule has 4 heterocycles. The van der Waals surface area contributed by atoms with Crippen LogP contribution in [0.15, 0.2) is 97.6 Å². The van der Waals surface area contributed by atoms with E-state index in [1.165, 1.54) is 38.9 Å². The third-order valence-electron chi connectivity index (χ3n) is 8.65. The molecule has 0 N–H and O–H groups in total. The summed E-state index contributed by atoms with van der Waals surface area (Å²) in [7, 11) is 0. The number of fused-ring (bicyclic) bond motifs is 6. The van der Waals surface area contributed by atoms with Gasteiger partial charge in [-0.1, -0.05) is 52.7 Å². The quantitative estimate of drug-likeness (QED) is 0.129. The summed E-state index contributed by atoms with van der Waals surface area (Å²) < 4.78 is 10.1. The summed E-state index contributed by atoms with van der Waals surface area (Å²) in [6, 6.07) is 31.8. The third-order valence-corrected chi connectivity index (χ3v) is 8.65. The maximum Gasteiger partial charge on any atom is 2.00 e. The molecule has 0 amide bonds. The summed E-state index contributed by atoms with van der Waals surface area (Å²) in [5, 5.41) is 7.91. The molecule has 4 aromatic heterocycles. The molecule has 6 nitrogen and oxygen atoms in total. The first-order valence-corrected chi connectivity index (χ1v) is 15.4. The Bertz CT molecular complexity index is 2430. The van der Waals surface area contributed by atoms with E-state index in [1.807, 2.05) is 57.9 Å². The van der Waals surface area contributed by atoms with E-state index in [-0.39, 0.29) is 21.1 Å². The van der Waals surface area contributed by atoms with Crippen molar-refractivity contribution in [3.63, 3.8) is 0 Å². The van der Waals surface area contributed by atoms with Crippen LogP contribution in [0.2, 0.25) is 0 Å². The first-order valence-electron chi connectivity index (χ1n) is 15.4. The molecule has 0 aliphatic carbocycles. The van der Waals surface area contributed by atoms with Crippen LogP contribution in [0.25, 0.3) is 55.5 Å². The van der Waals surface area contributed by atoms with Crippen molar-refractivity contribution in [2.45, 2.75) is 34.6 Å². The molecule has 0 unspecified atom stereocenters. The smallest absolute Gasteiger partial charge is 0.503 e. The molecule has 0 spiro atoms. The molecule has 0 atom stereocenters. The largest absolute Gasteiger partial charge is 2.00 e. The average molecular weight is 793 g/mol. The predicted molar refractivity (Wildman–Crippen MR) is 184 cm³/mol. The number of aromatic nitrogens is 5. The first kappa shape index (κ1) is 30.6. The fourth-order valence-electron chi connectivity index (χ4n) is 6.88. The van der Waals surface area contributed by atoms with Gasteiger partial charge in [-0.05, 0) is 91.2 Å². The van der Waals surface area contributed by atoms with Crippen molar-refractivity contribution in [3.05, 3.63) is 138 Å². The molecule has 8 aromatic rings. The van der Waals surface area contributed by atoms with Crippen molar-refractivity contribution >= 4 is 27.5 Å². The van der Waals surface area contributed by atoms with Crippen molar-refractivity contribution < 1.29 is 25.8 Å². The molecule has 0 saturated carbocycles. The van der Waals surface area contributed by atoms with E-state index in [1.54, 1.807) is 12.4 Å². The van der Waals surface area contributed by atoms with Gasteiger partial charge in [-0.3, -0.25) is 9.67 Å². The van der Waals surface area contributed by atoms with E-state index in [9.17, 15) is 0 Å². The predicted octanol–water partition coefficient (Wildman–Crippen LogP) is 9.49. The standard InChI is InChI=1S/C40H31N5O.Pt/c1-24-18-25(2)37(26(3)19-24)29-20-27(4)38(28(5)21-29)36-13-16-45(43-36)30-8-6-9-31(22-30)46-32-11-12-33-34-10-7-14-41-39(34)44-17-15-42-40(44)35(33)23-32;/h6-21H,1-5H3;/q-2;+2. The van der Waals surface area contributed by atoms with Crippen molar-refractivity contribution in [3.8, 4) is 39.6 Å². The number of nitrogens with zero attached hydrogens (tertiary/aromatic N) is 5. The van der Waals surface area contributed by atoms with Crippen molar-refractivity contribution in [2.24, 2.45) is 0 Å². The molecule has 0 fully saturated rings. The molecule has 0 aliphatic heterocycles. The Morgan fingerprint density at radius 3 is 2.15 bits per heavy atom. The second-order valence-corrected chi connectivity index (χ2v) is 12.0. The summed E-state index contributed by atoms with van der Waals surface area (Å²) >= 11 is 0. The van der Waals surface area contributed by atoms with Crippen LogP contribution < -0.4 is 4.74 Å². The number of hydrogen-bond acceptors (Lipinski definition) is 4. The molecule has 47 heavy (non-hydrogen) atoms. The Morgan fingerprint density at radius 1 is 0.638 bits per heavy atom. The Kier molecular flexibility index (Phi) is 7.77. The summed E-state index contributed by atoms with van der Waals surface area (Å²) in [5.41, 5.74) is 13.3. The van der Waals surface area contributed by atoms with Crippen LogP contribution >= 0.6 is 0 Å². The van der Waals surface area contributed by atoms with Gasteiger partial charge in [-0.2, -0.15) is 11.2 Å². The van der Waals surface area contributed by atoms with Crippen LogP contribution in [-0.2, 0) is 21.1 Å². The minimum Gasteiger partial charge on any atom is -0.503 e. The normalized spacial score (nSPS) is 11.3. The van der Waals surface area contributed by atoms with E-state index in [0.717, 1.165) is 44.4 Å². The molecule has 232 valence electrons. The second kappa shape index (κ2) is 11.9. The van der Waals surface area contributed by atoms with Gasteiger partial charge in [0.05, 0.1) is 11.3 Å². The summed E-state index contributed by atoms with van der Waals surface area (Å²) in [5.74, 6) is 1.16. The monoisotopic (exact) mass is 792 g/mol. The number of benzene rings is 4. The number of hydrogen-bond donors (Lipinski definition) is 0. The number of rotatable bonds is 5. The summed E-state index contributed by atoms with van der Waals surface area (Å²) in [6.07, 6.45) is 7.47. The second-order valence-electron chi connectivity index (χ2n) is 12.0. The average Bonchev–Trinajstić information content (AvgIpc) is 3.72. The Hall–Kier alpha value is -5.06. The minimum atomic E-state index is 0. The van der Waals surface area contributed by atoms with Crippen LogP contribution in [0, 0.1) is 46.8 Å². The molecule has 7 heteroatoms. The zero-order valence-electron chi connectivity index (χ0n) is 26.7. The van der Waals surface area contributed by atoms with Crippen molar-refractivity contribution in [1.29, 1.82) is 0 Å². The van der Waals surface area contributed by atoms with E-state index in [0.29, 0.717) is 11.5 Å². The number of imidazole rings is 1. The maximum atomic E-state index is 6.29. The Balaban J connectivity index is 0.00000351. The van der Waals surface area contributed by atoms with E-state index in [2.05, 4.69) is 93.1 Å². The Labute approximate surface area is 288 Å². The number of aryl methyl sites for hydroxylation is 5. The number of ether oxygens (including phenoxy) is 1. The SMILES string of the molecule is Cc1cc(C)c(-c2cc(C)c(-c3ccn(-c4[c-]c(Oc5[c-]c6c(cc5)c5cccnc5n5ccnc65)ccc4)n3)c(C)c2)c(C)c1.[Pt+2]. The summed E-state index contributed by atoms with van der Waals surface area (Å²) in [4.78, 5) is 9.17. The van der Waals surface area contributed by atoms with Crippen LogP contribution in [0.3, 0.4) is 0 Å². The van der Waals surface area contributed by atoms with E-state index >= 15 is 0 Å². The zero-order valence-corrected chi connectivity index (χ0v) is 29.0. The van der Waals surface area contributed by atoms with Crippen molar-refractivity contribution in [1.82, 2.24) is 24.1 Å². The molecule has 8 rings (SSSR count). The molecule has 0 bridgehead atoms. The van der Waals surface area contributed by atoms with Gasteiger partial charge < -0.3 is 9.14 Å². The van der Waals surface area contributed by atoms with E-state index < -0.39 is 0 Å². The molecule has 0 aliphatic rings. The fourth-order valence-corrected chi connectivity index (χ4v) is 6.88. The Morgan fingerprint density at radius 2 is 1.36 bits per heavy atom. The van der Waals surface area contributed by atoms with Crippen molar-refractivity contribution in [2.75, 3.05) is 0 Å².